The Morgan fingerprint density at radius 1 is 1.09 bits per heavy atom. The number of amides is 4. The normalized spacial score (nSPS) is 14.7. The van der Waals surface area contributed by atoms with Crippen LogP contribution in [-0.2, 0) is 14.3 Å². The zero-order valence-electron chi connectivity index (χ0n) is 18.1. The molecular formula is C24H22N2O7. The summed E-state index contributed by atoms with van der Waals surface area (Å²) in [7, 11) is 1.46. The van der Waals surface area contributed by atoms with Gasteiger partial charge >= 0.3 is 12.0 Å². The summed E-state index contributed by atoms with van der Waals surface area (Å²) in [6.45, 7) is 5.78. The maximum atomic E-state index is 13.1. The quantitative estimate of drug-likeness (QED) is 0.285. The lowest BCUT2D eigenvalue weighted by Crippen LogP contribution is -2.54. The third kappa shape index (κ3) is 5.09. The van der Waals surface area contributed by atoms with E-state index < -0.39 is 23.8 Å². The first-order valence-electron chi connectivity index (χ1n) is 10.00. The molecule has 3 rings (SSSR count). The van der Waals surface area contributed by atoms with E-state index in [1.54, 1.807) is 31.2 Å². The van der Waals surface area contributed by atoms with Crippen LogP contribution in [0, 0.1) is 0 Å². The summed E-state index contributed by atoms with van der Waals surface area (Å²) in [4.78, 5) is 50.5. The molecule has 0 unspecified atom stereocenters. The number of esters is 1. The van der Waals surface area contributed by atoms with Gasteiger partial charge in [0.15, 0.2) is 11.5 Å². The Balaban J connectivity index is 1.91. The molecule has 1 saturated heterocycles. The molecule has 9 nitrogen and oxygen atoms in total. The van der Waals surface area contributed by atoms with Crippen molar-refractivity contribution in [2.75, 3.05) is 25.2 Å². The summed E-state index contributed by atoms with van der Waals surface area (Å²) in [5, 5.41) is 2.15. The average molecular weight is 450 g/mol. The summed E-state index contributed by atoms with van der Waals surface area (Å²) < 4.78 is 15.7. The van der Waals surface area contributed by atoms with Crippen LogP contribution in [0.1, 0.15) is 22.8 Å². The molecule has 1 heterocycles. The first kappa shape index (κ1) is 23.3. The lowest BCUT2D eigenvalue weighted by Gasteiger charge is -2.26. The van der Waals surface area contributed by atoms with Crippen LogP contribution in [0.4, 0.5) is 10.5 Å². The van der Waals surface area contributed by atoms with Gasteiger partial charge in [-0.1, -0.05) is 18.7 Å². The number of barbiturate groups is 1. The zero-order chi connectivity index (χ0) is 24.0. The van der Waals surface area contributed by atoms with E-state index in [0.29, 0.717) is 17.1 Å². The number of imide groups is 2. The van der Waals surface area contributed by atoms with Crippen molar-refractivity contribution < 1.29 is 33.4 Å². The molecule has 0 bridgehead atoms. The Hall–Kier alpha value is -4.40. The van der Waals surface area contributed by atoms with Crippen molar-refractivity contribution >= 4 is 35.6 Å². The van der Waals surface area contributed by atoms with E-state index in [0.717, 1.165) is 4.90 Å². The molecule has 0 aromatic heterocycles. The third-order valence-corrected chi connectivity index (χ3v) is 4.59. The molecule has 1 fully saturated rings. The van der Waals surface area contributed by atoms with Crippen molar-refractivity contribution in [3.63, 3.8) is 0 Å². The van der Waals surface area contributed by atoms with Crippen LogP contribution in [-0.4, -0.2) is 44.1 Å². The van der Waals surface area contributed by atoms with Crippen LogP contribution in [0.15, 0.2) is 60.7 Å². The molecule has 0 atom stereocenters. The van der Waals surface area contributed by atoms with E-state index in [1.807, 2.05) is 0 Å². The maximum absolute atomic E-state index is 13.1. The summed E-state index contributed by atoms with van der Waals surface area (Å²) in [6, 6.07) is 9.69. The van der Waals surface area contributed by atoms with Crippen LogP contribution in [0.25, 0.3) is 6.08 Å². The lowest BCUT2D eigenvalue weighted by atomic mass is 10.1. The number of benzene rings is 2. The number of rotatable bonds is 8. The van der Waals surface area contributed by atoms with Crippen LogP contribution in [0.3, 0.4) is 0 Å². The minimum atomic E-state index is -0.892. The standard InChI is InChI=1S/C24H22N2O7/c1-4-12-33-19-11-6-15(14-20(19)31-3)13-18-21(27)25-24(30)26(22(18)28)17-9-7-16(8-10-17)23(29)32-5-2/h4,6-11,13-14H,1,5,12H2,2-3H3,(H,25,27,30)/b18-13+. The number of carbonyl (C=O) groups is 4. The van der Waals surface area contributed by atoms with Gasteiger partial charge in [0.25, 0.3) is 11.8 Å². The highest BCUT2D eigenvalue weighted by atomic mass is 16.5. The van der Waals surface area contributed by atoms with Crippen molar-refractivity contribution in [1.29, 1.82) is 0 Å². The van der Waals surface area contributed by atoms with E-state index >= 15 is 0 Å². The number of nitrogens with one attached hydrogen (secondary N) is 1. The van der Waals surface area contributed by atoms with Crippen molar-refractivity contribution in [2.24, 2.45) is 0 Å². The molecule has 1 N–H and O–H groups in total. The predicted molar refractivity (Wildman–Crippen MR) is 120 cm³/mol. The largest absolute Gasteiger partial charge is 0.493 e. The molecule has 1 aliphatic rings. The van der Waals surface area contributed by atoms with E-state index in [2.05, 4.69) is 11.9 Å². The van der Waals surface area contributed by atoms with Crippen LogP contribution in [0.5, 0.6) is 11.5 Å². The minimum Gasteiger partial charge on any atom is -0.493 e. The topological polar surface area (TPSA) is 111 Å². The summed E-state index contributed by atoms with van der Waals surface area (Å²) in [6.07, 6.45) is 2.94. The van der Waals surface area contributed by atoms with Crippen LogP contribution < -0.4 is 19.7 Å². The van der Waals surface area contributed by atoms with Gasteiger partial charge in [-0.25, -0.2) is 14.5 Å². The number of anilines is 1. The Labute approximate surface area is 190 Å². The van der Waals surface area contributed by atoms with Gasteiger partial charge in [-0.3, -0.25) is 14.9 Å². The highest BCUT2D eigenvalue weighted by molar-refractivity contribution is 6.39. The van der Waals surface area contributed by atoms with E-state index in [4.69, 9.17) is 14.2 Å². The molecule has 2 aromatic rings. The fourth-order valence-corrected chi connectivity index (χ4v) is 3.06. The fraction of sp³-hybridized carbons (Fsp3) is 0.167. The summed E-state index contributed by atoms with van der Waals surface area (Å²) in [5.74, 6) is -1.28. The Morgan fingerprint density at radius 2 is 1.82 bits per heavy atom. The smallest absolute Gasteiger partial charge is 0.338 e. The zero-order valence-corrected chi connectivity index (χ0v) is 18.1. The highest BCUT2D eigenvalue weighted by Gasteiger charge is 2.36. The Bertz CT molecular complexity index is 1140. The van der Waals surface area contributed by atoms with Crippen molar-refractivity contribution in [3.8, 4) is 11.5 Å². The first-order chi connectivity index (χ1) is 15.9. The average Bonchev–Trinajstić information content (AvgIpc) is 2.81. The van der Waals surface area contributed by atoms with Gasteiger partial charge in [0.05, 0.1) is 25.0 Å². The third-order valence-electron chi connectivity index (χ3n) is 4.59. The van der Waals surface area contributed by atoms with Gasteiger partial charge in [-0.05, 0) is 55.0 Å². The Kier molecular flexibility index (Phi) is 7.24. The molecule has 0 aliphatic carbocycles. The highest BCUT2D eigenvalue weighted by Crippen LogP contribution is 2.30. The number of carbonyl (C=O) groups excluding carboxylic acids is 4. The van der Waals surface area contributed by atoms with Crippen LogP contribution >= 0.6 is 0 Å². The molecule has 170 valence electrons. The van der Waals surface area contributed by atoms with Crippen molar-refractivity contribution in [3.05, 3.63) is 71.8 Å². The predicted octanol–water partition coefficient (Wildman–Crippen LogP) is 3.10. The molecule has 33 heavy (non-hydrogen) atoms. The summed E-state index contributed by atoms with van der Waals surface area (Å²) >= 11 is 0. The molecule has 0 spiro atoms. The number of methoxy groups -OCH3 is 1. The monoisotopic (exact) mass is 450 g/mol. The summed E-state index contributed by atoms with van der Waals surface area (Å²) in [5.41, 5.74) is 0.701. The van der Waals surface area contributed by atoms with E-state index in [-0.39, 0.29) is 30.0 Å². The van der Waals surface area contributed by atoms with Gasteiger partial charge in [-0.15, -0.1) is 0 Å². The van der Waals surface area contributed by atoms with Crippen molar-refractivity contribution in [1.82, 2.24) is 5.32 Å². The van der Waals surface area contributed by atoms with Gasteiger partial charge < -0.3 is 14.2 Å². The SMILES string of the molecule is C=CCOc1ccc(/C=C2\C(=O)NC(=O)N(c3ccc(C(=O)OCC)cc3)C2=O)cc1OC. The second-order valence-corrected chi connectivity index (χ2v) is 6.74. The van der Waals surface area contributed by atoms with E-state index in [9.17, 15) is 19.2 Å². The second kappa shape index (κ2) is 10.3. The molecule has 1 aliphatic heterocycles. The van der Waals surface area contributed by atoms with Gasteiger partial charge in [0.2, 0.25) is 0 Å². The molecule has 9 heteroatoms. The van der Waals surface area contributed by atoms with Gasteiger partial charge in [0, 0.05) is 0 Å². The molecular weight excluding hydrogens is 428 g/mol. The number of hydrogen-bond acceptors (Lipinski definition) is 7. The van der Waals surface area contributed by atoms with Crippen LogP contribution in [0.2, 0.25) is 0 Å². The molecule has 0 saturated carbocycles. The molecule has 2 aromatic carbocycles. The first-order valence-corrected chi connectivity index (χ1v) is 10.00. The number of nitrogens with zero attached hydrogens (tertiary/aromatic N) is 1. The van der Waals surface area contributed by atoms with Crippen molar-refractivity contribution in [2.45, 2.75) is 6.92 Å². The Morgan fingerprint density at radius 3 is 2.45 bits per heavy atom. The maximum Gasteiger partial charge on any atom is 0.338 e. The lowest BCUT2D eigenvalue weighted by molar-refractivity contribution is -0.122. The fourth-order valence-electron chi connectivity index (χ4n) is 3.06. The van der Waals surface area contributed by atoms with Gasteiger partial charge in [0.1, 0.15) is 12.2 Å². The van der Waals surface area contributed by atoms with Gasteiger partial charge in [-0.2, -0.15) is 0 Å². The number of ether oxygens (including phenoxy) is 3. The van der Waals surface area contributed by atoms with E-state index in [1.165, 1.54) is 37.5 Å². The number of urea groups is 1. The minimum absolute atomic E-state index is 0.190. The molecule has 4 amide bonds. The molecule has 0 radical (unpaired) electrons. The number of hydrogen-bond donors (Lipinski definition) is 1. The second-order valence-electron chi connectivity index (χ2n) is 6.74.